The molecule has 1 aliphatic carbocycles. The summed E-state index contributed by atoms with van der Waals surface area (Å²) in [4.78, 5) is 11.0. The number of hydrogen-bond donors (Lipinski definition) is 1. The van der Waals surface area contributed by atoms with Crippen molar-refractivity contribution in [2.45, 2.75) is 69.9 Å². The van der Waals surface area contributed by atoms with Gasteiger partial charge in [-0.05, 0) is 44.6 Å². The Bertz CT molecular complexity index is 318. The van der Waals surface area contributed by atoms with Gasteiger partial charge < -0.3 is 10.1 Å². The summed E-state index contributed by atoms with van der Waals surface area (Å²) < 4.78 is 31.4. The predicted molar refractivity (Wildman–Crippen MR) is 75.3 cm³/mol. The molecule has 0 bridgehead atoms. The largest absolute Gasteiger partial charge is 0.462 e. The van der Waals surface area contributed by atoms with Crippen LogP contribution in [0, 0.1) is 5.92 Å². The lowest BCUT2D eigenvalue weighted by molar-refractivity contribution is -0.148. The normalized spacial score (nSPS) is 30.4. The summed E-state index contributed by atoms with van der Waals surface area (Å²) in [5, 5.41) is 3.41. The zero-order valence-electron chi connectivity index (χ0n) is 11.9. The number of carbonyl (C=O) groups excluding carboxylic acids is 1. The highest BCUT2D eigenvalue weighted by Crippen LogP contribution is 2.38. The molecule has 2 fully saturated rings. The summed E-state index contributed by atoms with van der Waals surface area (Å²) in [5.74, 6) is -2.30. The molecule has 2 atom stereocenters. The van der Waals surface area contributed by atoms with E-state index in [1.54, 1.807) is 0 Å². The average molecular weight is 312 g/mol. The van der Waals surface area contributed by atoms with Gasteiger partial charge in [0.1, 0.15) is 6.10 Å². The van der Waals surface area contributed by atoms with Crippen LogP contribution >= 0.6 is 12.4 Å². The van der Waals surface area contributed by atoms with Crippen LogP contribution in [-0.2, 0) is 9.53 Å². The van der Waals surface area contributed by atoms with Gasteiger partial charge in [-0.1, -0.05) is 0 Å². The smallest absolute Gasteiger partial charge is 0.302 e. The predicted octanol–water partition coefficient (Wildman–Crippen LogP) is 3.31. The van der Waals surface area contributed by atoms with Crippen molar-refractivity contribution in [2.75, 3.05) is 6.54 Å². The van der Waals surface area contributed by atoms with E-state index in [4.69, 9.17) is 4.74 Å². The molecule has 20 heavy (non-hydrogen) atoms. The van der Waals surface area contributed by atoms with Crippen molar-refractivity contribution in [3.63, 3.8) is 0 Å². The number of alkyl halides is 2. The lowest BCUT2D eigenvalue weighted by Gasteiger charge is -2.34. The fourth-order valence-corrected chi connectivity index (χ4v) is 3.23. The second-order valence-corrected chi connectivity index (χ2v) is 5.94. The topological polar surface area (TPSA) is 38.3 Å². The van der Waals surface area contributed by atoms with Gasteiger partial charge in [0.2, 0.25) is 5.92 Å². The minimum atomic E-state index is -2.45. The van der Waals surface area contributed by atoms with Crippen LogP contribution in [-0.4, -0.2) is 30.6 Å². The maximum Gasteiger partial charge on any atom is 0.302 e. The minimum Gasteiger partial charge on any atom is -0.462 e. The molecule has 1 aliphatic heterocycles. The van der Waals surface area contributed by atoms with E-state index in [1.807, 2.05) is 0 Å². The summed E-state index contributed by atoms with van der Waals surface area (Å²) in [7, 11) is 0. The first kappa shape index (κ1) is 17.6. The number of nitrogens with one attached hydrogen (secondary N) is 1. The number of piperidine rings is 1. The van der Waals surface area contributed by atoms with Crippen LogP contribution in [0.3, 0.4) is 0 Å². The van der Waals surface area contributed by atoms with Crippen LogP contribution in [0.5, 0.6) is 0 Å². The third-order valence-corrected chi connectivity index (χ3v) is 4.23. The molecule has 0 spiro atoms. The van der Waals surface area contributed by atoms with Crippen LogP contribution in [0.4, 0.5) is 8.78 Å². The monoisotopic (exact) mass is 311 g/mol. The van der Waals surface area contributed by atoms with Crippen molar-refractivity contribution >= 4 is 18.4 Å². The molecule has 1 N–H and O–H groups in total. The van der Waals surface area contributed by atoms with Gasteiger partial charge in [-0.2, -0.15) is 0 Å². The number of halogens is 3. The second-order valence-electron chi connectivity index (χ2n) is 5.94. The maximum atomic E-state index is 13.1. The number of rotatable bonds is 3. The lowest BCUT2D eigenvalue weighted by atomic mass is 9.81. The Labute approximate surface area is 125 Å². The van der Waals surface area contributed by atoms with Gasteiger partial charge in [0.15, 0.2) is 0 Å². The number of ether oxygens (including phenoxy) is 1. The van der Waals surface area contributed by atoms with E-state index in [9.17, 15) is 13.6 Å². The van der Waals surface area contributed by atoms with Crippen LogP contribution in [0.15, 0.2) is 0 Å². The van der Waals surface area contributed by atoms with Crippen molar-refractivity contribution < 1.29 is 18.3 Å². The molecule has 118 valence electrons. The van der Waals surface area contributed by atoms with Crippen LogP contribution < -0.4 is 5.32 Å². The van der Waals surface area contributed by atoms with Crippen LogP contribution in [0.25, 0.3) is 0 Å². The van der Waals surface area contributed by atoms with E-state index >= 15 is 0 Å². The van der Waals surface area contributed by atoms with E-state index in [0.29, 0.717) is 24.8 Å². The standard InChI is InChI=1S/C14H23F2NO2.ClH/c1-10(18)19-13-4-7-17-12(9-13)8-11-2-5-14(15,16)6-3-11;/h11-13,17H,2-9H2,1H3;1H. The first-order chi connectivity index (χ1) is 8.94. The average Bonchev–Trinajstić information content (AvgIpc) is 2.32. The van der Waals surface area contributed by atoms with Crippen molar-refractivity contribution in [3.8, 4) is 0 Å². The Kier molecular flexibility index (Phi) is 6.65. The van der Waals surface area contributed by atoms with Gasteiger partial charge in [0.25, 0.3) is 0 Å². The molecular weight excluding hydrogens is 288 g/mol. The quantitative estimate of drug-likeness (QED) is 0.813. The molecule has 0 aromatic rings. The molecule has 2 aliphatic rings. The van der Waals surface area contributed by atoms with Gasteiger partial charge in [0, 0.05) is 25.8 Å². The van der Waals surface area contributed by atoms with Crippen molar-refractivity contribution in [1.82, 2.24) is 5.32 Å². The lowest BCUT2D eigenvalue weighted by Crippen LogP contribution is -2.43. The van der Waals surface area contributed by atoms with E-state index in [2.05, 4.69) is 5.32 Å². The van der Waals surface area contributed by atoms with Crippen molar-refractivity contribution in [3.05, 3.63) is 0 Å². The minimum absolute atomic E-state index is 0. The first-order valence-electron chi connectivity index (χ1n) is 7.23. The van der Waals surface area contributed by atoms with Crippen molar-refractivity contribution in [1.29, 1.82) is 0 Å². The van der Waals surface area contributed by atoms with E-state index in [1.165, 1.54) is 6.92 Å². The molecule has 6 heteroatoms. The maximum absolute atomic E-state index is 13.1. The molecule has 0 amide bonds. The highest BCUT2D eigenvalue weighted by molar-refractivity contribution is 5.85. The summed E-state index contributed by atoms with van der Waals surface area (Å²) in [6.45, 7) is 2.27. The molecule has 0 aromatic heterocycles. The molecule has 1 saturated carbocycles. The highest BCUT2D eigenvalue weighted by atomic mass is 35.5. The fraction of sp³-hybridized carbons (Fsp3) is 0.929. The fourth-order valence-electron chi connectivity index (χ4n) is 3.23. The summed E-state index contributed by atoms with van der Waals surface area (Å²) >= 11 is 0. The van der Waals surface area contributed by atoms with Gasteiger partial charge in [-0.25, -0.2) is 8.78 Å². The van der Waals surface area contributed by atoms with Gasteiger partial charge in [0.05, 0.1) is 0 Å². The summed E-state index contributed by atoms with van der Waals surface area (Å²) in [5.41, 5.74) is 0. The van der Waals surface area contributed by atoms with E-state index < -0.39 is 5.92 Å². The molecule has 0 radical (unpaired) electrons. The van der Waals surface area contributed by atoms with Crippen LogP contribution in [0.2, 0.25) is 0 Å². The van der Waals surface area contributed by atoms with Crippen LogP contribution in [0.1, 0.15) is 51.9 Å². The Hall–Kier alpha value is -0.420. The summed E-state index contributed by atoms with van der Waals surface area (Å²) in [6, 6.07) is 0.301. The number of esters is 1. The third-order valence-electron chi connectivity index (χ3n) is 4.23. The zero-order chi connectivity index (χ0) is 13.9. The molecule has 2 rings (SSSR count). The molecule has 1 saturated heterocycles. The molecular formula is C14H24ClF2NO2. The Balaban J connectivity index is 0.00000200. The molecule has 1 heterocycles. The van der Waals surface area contributed by atoms with E-state index in [0.717, 1.165) is 25.8 Å². The zero-order valence-corrected chi connectivity index (χ0v) is 12.7. The Morgan fingerprint density at radius 3 is 2.55 bits per heavy atom. The Morgan fingerprint density at radius 2 is 1.95 bits per heavy atom. The molecule has 0 aromatic carbocycles. The SMILES string of the molecule is CC(=O)OC1CCNC(CC2CCC(F)(F)CC2)C1.Cl. The third kappa shape index (κ3) is 5.52. The van der Waals surface area contributed by atoms with Crippen molar-refractivity contribution in [2.24, 2.45) is 5.92 Å². The van der Waals surface area contributed by atoms with Gasteiger partial charge >= 0.3 is 5.97 Å². The molecule has 2 unspecified atom stereocenters. The second kappa shape index (κ2) is 7.55. The number of hydrogen-bond acceptors (Lipinski definition) is 3. The van der Waals surface area contributed by atoms with Gasteiger partial charge in [-0.3, -0.25) is 4.79 Å². The number of carbonyl (C=O) groups is 1. The van der Waals surface area contributed by atoms with E-state index in [-0.39, 0.29) is 37.3 Å². The highest BCUT2D eigenvalue weighted by Gasteiger charge is 2.36. The first-order valence-corrected chi connectivity index (χ1v) is 7.23. The summed E-state index contributed by atoms with van der Waals surface area (Å²) in [6.07, 6.45) is 3.86. The molecule has 3 nitrogen and oxygen atoms in total. The van der Waals surface area contributed by atoms with Gasteiger partial charge in [-0.15, -0.1) is 12.4 Å². The Morgan fingerprint density at radius 1 is 1.30 bits per heavy atom.